The van der Waals surface area contributed by atoms with Gasteiger partial charge < -0.3 is 10.00 Å². The van der Waals surface area contributed by atoms with Crippen molar-refractivity contribution in [2.24, 2.45) is 0 Å². The highest BCUT2D eigenvalue weighted by atomic mass is 31.2. The first-order valence-electron chi connectivity index (χ1n) is 4.47. The number of benzene rings is 1. The van der Waals surface area contributed by atoms with Crippen LogP contribution in [0.4, 0.5) is 0 Å². The minimum absolute atomic E-state index is 0.201. The van der Waals surface area contributed by atoms with E-state index < -0.39 is 20.0 Å². The molecule has 2 rings (SSSR count). The van der Waals surface area contributed by atoms with E-state index in [2.05, 4.69) is 4.52 Å². The smallest absolute Gasteiger partial charge is 0.388 e. The summed E-state index contributed by atoms with van der Waals surface area (Å²) in [5, 5.41) is 9.57. The Morgan fingerprint density at radius 2 is 2.00 bits per heavy atom. The largest absolute Gasteiger partial charge is 0.472 e. The fourth-order valence-corrected chi connectivity index (χ4v) is 2.38. The lowest BCUT2D eigenvalue weighted by Crippen LogP contribution is -2.30. The van der Waals surface area contributed by atoms with Crippen LogP contribution >= 0.6 is 7.82 Å². The summed E-state index contributed by atoms with van der Waals surface area (Å²) >= 11 is 0. The van der Waals surface area contributed by atoms with E-state index in [-0.39, 0.29) is 6.61 Å². The Kier molecular flexibility index (Phi) is 2.91. The van der Waals surface area contributed by atoms with E-state index in [1.54, 1.807) is 24.3 Å². The van der Waals surface area contributed by atoms with Crippen molar-refractivity contribution in [3.05, 3.63) is 35.9 Å². The van der Waals surface area contributed by atoms with Gasteiger partial charge >= 0.3 is 7.82 Å². The number of phosphoric ester groups is 1. The van der Waals surface area contributed by atoms with Crippen molar-refractivity contribution in [1.82, 2.24) is 0 Å². The van der Waals surface area contributed by atoms with E-state index in [4.69, 9.17) is 9.42 Å². The van der Waals surface area contributed by atoms with Crippen molar-refractivity contribution >= 4 is 7.82 Å². The number of rotatable bonds is 1. The van der Waals surface area contributed by atoms with Gasteiger partial charge in [-0.05, 0) is 5.56 Å². The molecule has 1 heterocycles. The Bertz CT molecular complexity index is 379. The molecule has 1 saturated heterocycles. The summed E-state index contributed by atoms with van der Waals surface area (Å²) in [5.41, 5.74) is 0.655. The second kappa shape index (κ2) is 4.04. The molecule has 6 heteroatoms. The number of phosphoric acid groups is 1. The SMILES string of the molecule is O=P1(O)OC[C@H](O)[C@@H](c2ccccc2)O1. The molecule has 0 bridgehead atoms. The number of aliphatic hydroxyl groups is 1. The second-order valence-corrected chi connectivity index (χ2v) is 4.67. The molecule has 0 aliphatic carbocycles. The Hall–Kier alpha value is -0.710. The number of hydrogen-bond acceptors (Lipinski definition) is 4. The standard InChI is InChI=1S/C9H11O5P/c10-8-6-13-15(11,12)14-9(8)7-4-2-1-3-5-7/h1-5,8-10H,6H2,(H,11,12)/t8-,9+/m0/s1. The van der Waals surface area contributed by atoms with Crippen LogP contribution in [0.25, 0.3) is 0 Å². The maximum absolute atomic E-state index is 11.2. The van der Waals surface area contributed by atoms with Crippen LogP contribution < -0.4 is 0 Å². The van der Waals surface area contributed by atoms with Crippen LogP contribution in [0.1, 0.15) is 11.7 Å². The maximum atomic E-state index is 11.2. The molecule has 0 amide bonds. The molecule has 82 valence electrons. The van der Waals surface area contributed by atoms with E-state index in [1.165, 1.54) is 0 Å². The molecule has 1 aromatic rings. The van der Waals surface area contributed by atoms with Crippen LogP contribution in [-0.2, 0) is 13.6 Å². The Morgan fingerprint density at radius 3 is 2.67 bits per heavy atom. The van der Waals surface area contributed by atoms with Gasteiger partial charge in [-0.25, -0.2) is 4.57 Å². The van der Waals surface area contributed by atoms with Crippen LogP contribution in [0.15, 0.2) is 30.3 Å². The Morgan fingerprint density at radius 1 is 1.33 bits per heavy atom. The van der Waals surface area contributed by atoms with Crippen LogP contribution in [0.5, 0.6) is 0 Å². The van der Waals surface area contributed by atoms with Gasteiger partial charge in [0.15, 0.2) is 0 Å². The summed E-state index contributed by atoms with van der Waals surface area (Å²) < 4.78 is 20.4. The monoisotopic (exact) mass is 230 g/mol. The molecule has 5 nitrogen and oxygen atoms in total. The van der Waals surface area contributed by atoms with Crippen LogP contribution in [0.3, 0.4) is 0 Å². The van der Waals surface area contributed by atoms with Crippen molar-refractivity contribution in [2.75, 3.05) is 6.61 Å². The molecular formula is C9H11O5P. The van der Waals surface area contributed by atoms with Crippen molar-refractivity contribution in [3.8, 4) is 0 Å². The van der Waals surface area contributed by atoms with Gasteiger partial charge in [0.2, 0.25) is 0 Å². The summed E-state index contributed by atoms with van der Waals surface area (Å²) in [4.78, 5) is 9.12. The molecule has 1 unspecified atom stereocenters. The maximum Gasteiger partial charge on any atom is 0.472 e. The summed E-state index contributed by atoms with van der Waals surface area (Å²) in [7, 11) is -4.01. The van der Waals surface area contributed by atoms with Crippen molar-refractivity contribution in [3.63, 3.8) is 0 Å². The first kappa shape index (κ1) is 10.8. The zero-order valence-corrected chi connectivity index (χ0v) is 8.71. The quantitative estimate of drug-likeness (QED) is 0.710. The van der Waals surface area contributed by atoms with Crippen molar-refractivity contribution in [1.29, 1.82) is 0 Å². The minimum Gasteiger partial charge on any atom is -0.388 e. The van der Waals surface area contributed by atoms with Gasteiger partial charge in [-0.15, -0.1) is 0 Å². The lowest BCUT2D eigenvalue weighted by atomic mass is 10.1. The molecule has 1 aliphatic rings. The molecular weight excluding hydrogens is 219 g/mol. The van der Waals surface area contributed by atoms with Gasteiger partial charge in [0.05, 0.1) is 6.61 Å². The highest BCUT2D eigenvalue weighted by Gasteiger charge is 2.38. The normalized spacial score (nSPS) is 36.4. The average Bonchev–Trinajstić information content (AvgIpc) is 2.23. The Labute approximate surface area is 86.9 Å². The molecule has 1 aliphatic heterocycles. The molecule has 15 heavy (non-hydrogen) atoms. The third kappa shape index (κ3) is 2.45. The van der Waals surface area contributed by atoms with Gasteiger partial charge in [-0.2, -0.15) is 0 Å². The molecule has 0 spiro atoms. The highest BCUT2D eigenvalue weighted by Crippen LogP contribution is 2.52. The molecule has 0 saturated carbocycles. The zero-order valence-electron chi connectivity index (χ0n) is 7.81. The van der Waals surface area contributed by atoms with Gasteiger partial charge in [0.25, 0.3) is 0 Å². The summed E-state index contributed by atoms with van der Waals surface area (Å²) in [5.74, 6) is 0. The van der Waals surface area contributed by atoms with Crippen LogP contribution in [0.2, 0.25) is 0 Å². The fraction of sp³-hybridized carbons (Fsp3) is 0.333. The molecule has 1 aromatic carbocycles. The van der Waals surface area contributed by atoms with Gasteiger partial charge in [-0.1, -0.05) is 30.3 Å². The van der Waals surface area contributed by atoms with Crippen LogP contribution in [0, 0.1) is 0 Å². The van der Waals surface area contributed by atoms with Gasteiger partial charge in [0, 0.05) is 0 Å². The van der Waals surface area contributed by atoms with E-state index in [0.29, 0.717) is 5.56 Å². The molecule has 0 aromatic heterocycles. The van der Waals surface area contributed by atoms with Crippen LogP contribution in [-0.4, -0.2) is 22.7 Å². The summed E-state index contributed by atoms with van der Waals surface area (Å²) in [6.07, 6.45) is -1.74. The number of hydrogen-bond donors (Lipinski definition) is 2. The fourth-order valence-electron chi connectivity index (χ4n) is 1.43. The first-order chi connectivity index (χ1) is 7.08. The third-order valence-electron chi connectivity index (χ3n) is 2.13. The van der Waals surface area contributed by atoms with E-state index >= 15 is 0 Å². The lowest BCUT2D eigenvalue weighted by Gasteiger charge is -2.30. The van der Waals surface area contributed by atoms with Crippen molar-refractivity contribution < 1.29 is 23.6 Å². The van der Waals surface area contributed by atoms with Gasteiger partial charge in [0.1, 0.15) is 12.2 Å². The topological polar surface area (TPSA) is 76.0 Å². The predicted molar refractivity (Wildman–Crippen MR) is 52.1 cm³/mol. The first-order valence-corrected chi connectivity index (χ1v) is 5.97. The van der Waals surface area contributed by atoms with Crippen molar-refractivity contribution in [2.45, 2.75) is 12.2 Å². The predicted octanol–water partition coefficient (Wildman–Crippen LogP) is 1.24. The zero-order chi connectivity index (χ0) is 10.9. The van der Waals surface area contributed by atoms with Gasteiger partial charge in [-0.3, -0.25) is 9.05 Å². The Balaban J connectivity index is 2.24. The number of aliphatic hydroxyl groups excluding tert-OH is 1. The highest BCUT2D eigenvalue weighted by molar-refractivity contribution is 7.47. The molecule has 3 atom stereocenters. The second-order valence-electron chi connectivity index (χ2n) is 3.27. The minimum atomic E-state index is -4.01. The third-order valence-corrected chi connectivity index (χ3v) is 3.10. The summed E-state index contributed by atoms with van der Waals surface area (Å²) in [6, 6.07) is 8.79. The molecule has 1 fully saturated rings. The van der Waals surface area contributed by atoms with E-state index in [1.807, 2.05) is 6.07 Å². The summed E-state index contributed by atoms with van der Waals surface area (Å²) in [6.45, 7) is -0.201. The van der Waals surface area contributed by atoms with E-state index in [0.717, 1.165) is 0 Å². The lowest BCUT2D eigenvalue weighted by molar-refractivity contribution is -0.0568. The molecule has 0 radical (unpaired) electrons. The average molecular weight is 230 g/mol. The van der Waals surface area contributed by atoms with E-state index in [9.17, 15) is 9.67 Å². The molecule has 2 N–H and O–H groups in total.